The third-order valence-electron chi connectivity index (χ3n) is 3.05. The van der Waals surface area contributed by atoms with Crippen LogP contribution in [0.1, 0.15) is 5.69 Å². The van der Waals surface area contributed by atoms with E-state index in [-0.39, 0.29) is 12.5 Å². The van der Waals surface area contributed by atoms with Crippen molar-refractivity contribution >= 4 is 21.8 Å². The van der Waals surface area contributed by atoms with E-state index >= 15 is 0 Å². The van der Waals surface area contributed by atoms with Crippen molar-refractivity contribution in [1.82, 2.24) is 20.0 Å². The van der Waals surface area contributed by atoms with E-state index < -0.39 is 0 Å². The van der Waals surface area contributed by atoms with E-state index in [2.05, 4.69) is 31.2 Å². The van der Waals surface area contributed by atoms with Crippen molar-refractivity contribution in [1.29, 1.82) is 0 Å². The highest BCUT2D eigenvalue weighted by Gasteiger charge is 2.10. The van der Waals surface area contributed by atoms with Crippen LogP contribution in [-0.2, 0) is 16.1 Å². The molecule has 0 atom stereocenters. The number of carbonyl (C=O) groups is 1. The van der Waals surface area contributed by atoms with Crippen molar-refractivity contribution < 1.29 is 9.53 Å². The predicted molar refractivity (Wildman–Crippen MR) is 74.9 cm³/mol. The standard InChI is InChI=1S/C12H19BrN4O2/c1-10-11(13)8-17(15-10)9-12(18)14-2-3-16-4-6-19-7-5-16/h8H,2-7,9H2,1H3,(H,14,18). The first-order valence-corrected chi connectivity index (χ1v) is 7.21. The van der Waals surface area contributed by atoms with Crippen molar-refractivity contribution in [3.63, 3.8) is 0 Å². The molecular weight excluding hydrogens is 312 g/mol. The molecule has 1 aliphatic rings. The molecule has 1 amide bonds. The summed E-state index contributed by atoms with van der Waals surface area (Å²) in [5.74, 6) is -0.0109. The molecule has 0 saturated carbocycles. The van der Waals surface area contributed by atoms with Crippen LogP contribution in [0.3, 0.4) is 0 Å². The van der Waals surface area contributed by atoms with E-state index in [1.165, 1.54) is 0 Å². The first-order valence-electron chi connectivity index (χ1n) is 6.41. The minimum Gasteiger partial charge on any atom is -0.379 e. The van der Waals surface area contributed by atoms with E-state index in [0.29, 0.717) is 6.54 Å². The number of carbonyl (C=O) groups excluding carboxylic acids is 1. The van der Waals surface area contributed by atoms with Crippen LogP contribution < -0.4 is 5.32 Å². The lowest BCUT2D eigenvalue weighted by molar-refractivity contribution is -0.121. The van der Waals surface area contributed by atoms with Gasteiger partial charge in [-0.15, -0.1) is 0 Å². The molecule has 1 saturated heterocycles. The molecule has 6 nitrogen and oxygen atoms in total. The van der Waals surface area contributed by atoms with Gasteiger partial charge in [0.25, 0.3) is 0 Å². The van der Waals surface area contributed by atoms with Gasteiger partial charge in [0, 0.05) is 32.4 Å². The minimum atomic E-state index is -0.0109. The van der Waals surface area contributed by atoms with Gasteiger partial charge in [0.2, 0.25) is 5.91 Å². The van der Waals surface area contributed by atoms with E-state index in [0.717, 1.165) is 43.0 Å². The number of nitrogens with zero attached hydrogens (tertiary/aromatic N) is 3. The molecule has 0 spiro atoms. The lowest BCUT2D eigenvalue weighted by Crippen LogP contribution is -2.41. The lowest BCUT2D eigenvalue weighted by Gasteiger charge is -2.26. The smallest absolute Gasteiger partial charge is 0.241 e. The Bertz CT molecular complexity index is 410. The Hall–Kier alpha value is -0.920. The molecule has 2 heterocycles. The zero-order valence-corrected chi connectivity index (χ0v) is 12.6. The molecule has 1 aromatic rings. The van der Waals surface area contributed by atoms with E-state index in [4.69, 9.17) is 4.74 Å². The van der Waals surface area contributed by atoms with Crippen molar-refractivity contribution in [2.45, 2.75) is 13.5 Å². The monoisotopic (exact) mass is 330 g/mol. The van der Waals surface area contributed by atoms with Crippen molar-refractivity contribution in [3.8, 4) is 0 Å². The summed E-state index contributed by atoms with van der Waals surface area (Å²) in [7, 11) is 0. The highest BCUT2D eigenvalue weighted by atomic mass is 79.9. The van der Waals surface area contributed by atoms with Gasteiger partial charge in [0.15, 0.2) is 0 Å². The fourth-order valence-electron chi connectivity index (χ4n) is 1.96. The molecule has 0 radical (unpaired) electrons. The normalized spacial score (nSPS) is 16.5. The minimum absolute atomic E-state index is 0.0109. The molecule has 0 unspecified atom stereocenters. The van der Waals surface area contributed by atoms with Crippen LogP contribution in [-0.4, -0.2) is 60.0 Å². The van der Waals surface area contributed by atoms with Gasteiger partial charge < -0.3 is 10.1 Å². The Labute approximate surface area is 121 Å². The second-order valence-electron chi connectivity index (χ2n) is 4.56. The molecule has 1 aliphatic heterocycles. The second-order valence-corrected chi connectivity index (χ2v) is 5.42. The van der Waals surface area contributed by atoms with Crippen LogP contribution in [0.5, 0.6) is 0 Å². The predicted octanol–water partition coefficient (Wildman–Crippen LogP) is 0.402. The van der Waals surface area contributed by atoms with Crippen LogP contribution in [0, 0.1) is 6.92 Å². The van der Waals surface area contributed by atoms with E-state index in [9.17, 15) is 4.79 Å². The maximum absolute atomic E-state index is 11.7. The van der Waals surface area contributed by atoms with Gasteiger partial charge in [-0.1, -0.05) is 0 Å². The largest absolute Gasteiger partial charge is 0.379 e. The van der Waals surface area contributed by atoms with Crippen LogP contribution in [0.4, 0.5) is 0 Å². The summed E-state index contributed by atoms with van der Waals surface area (Å²) < 4.78 is 7.84. The summed E-state index contributed by atoms with van der Waals surface area (Å²) in [6.07, 6.45) is 1.82. The van der Waals surface area contributed by atoms with Crippen molar-refractivity contribution in [2.24, 2.45) is 0 Å². The van der Waals surface area contributed by atoms with Crippen LogP contribution in [0.25, 0.3) is 0 Å². The fourth-order valence-corrected chi connectivity index (χ4v) is 2.27. The van der Waals surface area contributed by atoms with Crippen LogP contribution in [0.2, 0.25) is 0 Å². The Morgan fingerprint density at radius 3 is 2.89 bits per heavy atom. The summed E-state index contributed by atoms with van der Waals surface area (Å²) in [6, 6.07) is 0. The number of nitrogens with one attached hydrogen (secondary N) is 1. The maximum atomic E-state index is 11.7. The lowest BCUT2D eigenvalue weighted by atomic mass is 10.4. The zero-order valence-electron chi connectivity index (χ0n) is 11.1. The number of hydrogen-bond acceptors (Lipinski definition) is 4. The molecule has 19 heavy (non-hydrogen) atoms. The molecule has 1 aromatic heterocycles. The number of morpholine rings is 1. The van der Waals surface area contributed by atoms with Gasteiger partial charge >= 0.3 is 0 Å². The first kappa shape index (κ1) is 14.5. The Morgan fingerprint density at radius 1 is 1.53 bits per heavy atom. The Kier molecular flexibility index (Phi) is 5.35. The van der Waals surface area contributed by atoms with Gasteiger partial charge in [-0.05, 0) is 22.9 Å². The Balaban J connectivity index is 1.66. The van der Waals surface area contributed by atoms with Gasteiger partial charge in [-0.2, -0.15) is 5.10 Å². The third-order valence-corrected chi connectivity index (χ3v) is 3.82. The topological polar surface area (TPSA) is 59.4 Å². The highest BCUT2D eigenvalue weighted by molar-refractivity contribution is 9.10. The number of rotatable bonds is 5. The summed E-state index contributed by atoms with van der Waals surface area (Å²) in [5.41, 5.74) is 0.890. The van der Waals surface area contributed by atoms with Crippen molar-refractivity contribution in [2.75, 3.05) is 39.4 Å². The van der Waals surface area contributed by atoms with Gasteiger partial charge in [0.05, 0.1) is 23.4 Å². The third kappa shape index (κ3) is 4.59. The number of aryl methyl sites for hydroxylation is 1. The maximum Gasteiger partial charge on any atom is 0.241 e. The van der Waals surface area contributed by atoms with E-state index in [1.807, 2.05) is 13.1 Å². The summed E-state index contributed by atoms with van der Waals surface area (Å²) in [6.45, 7) is 7.16. The molecule has 1 fully saturated rings. The number of halogens is 1. The quantitative estimate of drug-likeness (QED) is 0.849. The fraction of sp³-hybridized carbons (Fsp3) is 0.667. The van der Waals surface area contributed by atoms with Gasteiger partial charge in [0.1, 0.15) is 6.54 Å². The van der Waals surface area contributed by atoms with Crippen molar-refractivity contribution in [3.05, 3.63) is 16.4 Å². The van der Waals surface area contributed by atoms with Crippen LogP contribution in [0.15, 0.2) is 10.7 Å². The molecule has 0 aliphatic carbocycles. The molecule has 0 aromatic carbocycles. The molecule has 1 N–H and O–H groups in total. The summed E-state index contributed by atoms with van der Waals surface area (Å²) in [5, 5.41) is 7.14. The number of hydrogen-bond donors (Lipinski definition) is 1. The average Bonchev–Trinajstić information content (AvgIpc) is 2.69. The number of amides is 1. The summed E-state index contributed by atoms with van der Waals surface area (Å²) >= 11 is 3.38. The number of ether oxygens (including phenoxy) is 1. The van der Waals surface area contributed by atoms with Crippen LogP contribution >= 0.6 is 15.9 Å². The van der Waals surface area contributed by atoms with E-state index in [1.54, 1.807) is 4.68 Å². The number of aromatic nitrogens is 2. The van der Waals surface area contributed by atoms with Gasteiger partial charge in [-0.25, -0.2) is 0 Å². The highest BCUT2D eigenvalue weighted by Crippen LogP contribution is 2.12. The Morgan fingerprint density at radius 2 is 2.26 bits per heavy atom. The SMILES string of the molecule is Cc1nn(CC(=O)NCCN2CCOCC2)cc1Br. The van der Waals surface area contributed by atoms with Gasteiger partial charge in [-0.3, -0.25) is 14.4 Å². The summed E-state index contributed by atoms with van der Waals surface area (Å²) in [4.78, 5) is 14.0. The molecule has 7 heteroatoms. The molecule has 106 valence electrons. The molecule has 2 rings (SSSR count). The zero-order chi connectivity index (χ0) is 13.7. The average molecular weight is 331 g/mol. The molecule has 0 bridgehead atoms. The first-order chi connectivity index (χ1) is 9.15. The molecular formula is C12H19BrN4O2. The second kappa shape index (κ2) is 7.02.